The molecule has 2 fully saturated rings. The lowest BCUT2D eigenvalue weighted by molar-refractivity contribution is 0.131. The van der Waals surface area contributed by atoms with E-state index in [0.717, 1.165) is 54.0 Å². The summed E-state index contributed by atoms with van der Waals surface area (Å²) < 4.78 is 0. The summed E-state index contributed by atoms with van der Waals surface area (Å²) in [5.74, 6) is 0. The topological polar surface area (TPSA) is 19.4 Å². The van der Waals surface area contributed by atoms with Gasteiger partial charge >= 0.3 is 0 Å². The first-order valence-electron chi connectivity index (χ1n) is 12.1. The van der Waals surface area contributed by atoms with Crippen LogP contribution in [0.25, 0.3) is 16.6 Å². The first-order valence-corrected chi connectivity index (χ1v) is 12.5. The minimum Gasteiger partial charge on any atom is -0.367 e. The summed E-state index contributed by atoms with van der Waals surface area (Å²) in [7, 11) is 0. The van der Waals surface area contributed by atoms with Crippen LogP contribution in [0.3, 0.4) is 0 Å². The first kappa shape index (κ1) is 20.9. The third kappa shape index (κ3) is 3.75. The number of aromatic nitrogens is 1. The number of rotatable bonds is 6. The molecule has 31 heavy (non-hydrogen) atoms. The SMILES string of the molecule is C=C(c1ccc2c(Cl)c3c(nc2c1)CCCC3)N1CC2CCC(C1)N2C(=C)CCCC. The molecule has 2 unspecified atom stereocenters. The molecule has 2 aromatic rings. The predicted octanol–water partition coefficient (Wildman–Crippen LogP) is 6.59. The van der Waals surface area contributed by atoms with Crippen molar-refractivity contribution >= 4 is 28.2 Å². The van der Waals surface area contributed by atoms with Gasteiger partial charge in [0.1, 0.15) is 0 Å². The van der Waals surface area contributed by atoms with Crippen molar-refractivity contribution in [1.29, 1.82) is 0 Å². The largest absolute Gasteiger partial charge is 0.367 e. The molecule has 0 spiro atoms. The van der Waals surface area contributed by atoms with E-state index >= 15 is 0 Å². The van der Waals surface area contributed by atoms with Crippen molar-refractivity contribution in [1.82, 2.24) is 14.8 Å². The first-order chi connectivity index (χ1) is 15.1. The fraction of sp³-hybridized carbons (Fsp3) is 0.519. The molecule has 0 amide bonds. The van der Waals surface area contributed by atoms with Gasteiger partial charge in [0, 0.05) is 47.6 Å². The standard InChI is InChI=1S/C27H34ClN3/c1-4-5-8-18(2)31-21-12-13-22(31)17-30(16-21)19(3)20-11-14-24-26(15-20)29-25-10-7-6-9-23(25)27(24)28/h11,14-15,21-22H,2-10,12-13,16-17H2,1H3. The molecule has 1 aromatic carbocycles. The fourth-order valence-corrected chi connectivity index (χ4v) is 6.24. The smallest absolute Gasteiger partial charge is 0.0727 e. The molecule has 1 aromatic heterocycles. The number of benzene rings is 1. The summed E-state index contributed by atoms with van der Waals surface area (Å²) in [6.45, 7) is 13.3. The van der Waals surface area contributed by atoms with Crippen molar-refractivity contribution in [2.75, 3.05) is 13.1 Å². The van der Waals surface area contributed by atoms with E-state index in [-0.39, 0.29) is 0 Å². The third-order valence-electron chi connectivity index (χ3n) is 7.57. The van der Waals surface area contributed by atoms with E-state index < -0.39 is 0 Å². The summed E-state index contributed by atoms with van der Waals surface area (Å²) in [4.78, 5) is 10.1. The van der Waals surface area contributed by atoms with Gasteiger partial charge in [-0.05, 0) is 68.6 Å². The minimum atomic E-state index is 0.569. The van der Waals surface area contributed by atoms with Crippen LogP contribution in [-0.2, 0) is 12.8 Å². The van der Waals surface area contributed by atoms with Crippen LogP contribution >= 0.6 is 11.6 Å². The Balaban J connectivity index is 1.37. The van der Waals surface area contributed by atoms with Gasteiger partial charge in [0.2, 0.25) is 0 Å². The summed E-state index contributed by atoms with van der Waals surface area (Å²) in [6.07, 6.45) is 10.7. The lowest BCUT2D eigenvalue weighted by atomic mass is 9.94. The summed E-state index contributed by atoms with van der Waals surface area (Å²) in [5, 5.41) is 1.99. The van der Waals surface area contributed by atoms with Gasteiger partial charge in [-0.1, -0.05) is 50.2 Å². The molecule has 5 rings (SSSR count). The van der Waals surface area contributed by atoms with Crippen molar-refractivity contribution < 1.29 is 0 Å². The van der Waals surface area contributed by atoms with Crippen LogP contribution in [0.2, 0.25) is 5.02 Å². The Bertz CT molecular complexity index is 1010. The van der Waals surface area contributed by atoms with E-state index in [4.69, 9.17) is 16.6 Å². The molecule has 2 aliphatic heterocycles. The Kier molecular flexibility index (Phi) is 5.73. The Morgan fingerprint density at radius 1 is 1.13 bits per heavy atom. The van der Waals surface area contributed by atoms with Gasteiger partial charge in [0.25, 0.3) is 0 Å². The molecule has 3 heterocycles. The van der Waals surface area contributed by atoms with Crippen LogP contribution in [0.15, 0.2) is 37.1 Å². The van der Waals surface area contributed by atoms with Gasteiger partial charge in [-0.25, -0.2) is 0 Å². The van der Waals surface area contributed by atoms with Gasteiger partial charge in [-0.15, -0.1) is 0 Å². The van der Waals surface area contributed by atoms with Crippen molar-refractivity contribution in [3.63, 3.8) is 0 Å². The van der Waals surface area contributed by atoms with E-state index in [9.17, 15) is 0 Å². The zero-order chi connectivity index (χ0) is 21.5. The lowest BCUT2D eigenvalue weighted by Gasteiger charge is -2.45. The van der Waals surface area contributed by atoms with E-state index in [2.05, 4.69) is 48.1 Å². The molecule has 3 aliphatic rings. The second-order valence-electron chi connectivity index (χ2n) is 9.60. The maximum atomic E-state index is 6.78. The van der Waals surface area contributed by atoms with Crippen LogP contribution in [0, 0.1) is 0 Å². The number of hydrogen-bond donors (Lipinski definition) is 0. The average Bonchev–Trinajstić information content (AvgIpc) is 3.06. The van der Waals surface area contributed by atoms with E-state index in [0.29, 0.717) is 12.1 Å². The van der Waals surface area contributed by atoms with E-state index in [1.807, 2.05) is 0 Å². The van der Waals surface area contributed by atoms with E-state index in [1.54, 1.807) is 0 Å². The number of hydrogen-bond acceptors (Lipinski definition) is 3. The van der Waals surface area contributed by atoms with Crippen LogP contribution in [0.1, 0.15) is 68.7 Å². The zero-order valence-corrected chi connectivity index (χ0v) is 19.6. The monoisotopic (exact) mass is 435 g/mol. The van der Waals surface area contributed by atoms with Gasteiger partial charge in [-0.2, -0.15) is 0 Å². The number of halogens is 1. The zero-order valence-electron chi connectivity index (χ0n) is 18.8. The summed E-state index contributed by atoms with van der Waals surface area (Å²) >= 11 is 6.78. The average molecular weight is 436 g/mol. The number of piperazine rings is 1. The van der Waals surface area contributed by atoms with Crippen LogP contribution in [0.5, 0.6) is 0 Å². The molecule has 4 heteroatoms. The third-order valence-corrected chi connectivity index (χ3v) is 8.01. The molecule has 3 nitrogen and oxygen atoms in total. The molecule has 164 valence electrons. The number of aryl methyl sites for hydroxylation is 1. The lowest BCUT2D eigenvalue weighted by Crippen LogP contribution is -2.52. The summed E-state index contributed by atoms with van der Waals surface area (Å²) in [5.41, 5.74) is 7.11. The number of unbranched alkanes of at least 4 members (excludes halogenated alkanes) is 1. The maximum Gasteiger partial charge on any atom is 0.0727 e. The number of likely N-dealkylation sites (tertiary alicyclic amines) is 1. The molecule has 2 saturated heterocycles. The second kappa shape index (κ2) is 8.50. The van der Waals surface area contributed by atoms with Gasteiger partial charge in [0.05, 0.1) is 10.5 Å². The Labute approximate surface area is 191 Å². The molecule has 0 saturated carbocycles. The Morgan fingerprint density at radius 3 is 2.61 bits per heavy atom. The highest BCUT2D eigenvalue weighted by Gasteiger charge is 2.40. The predicted molar refractivity (Wildman–Crippen MR) is 131 cm³/mol. The van der Waals surface area contributed by atoms with Crippen molar-refractivity contribution in [2.24, 2.45) is 0 Å². The van der Waals surface area contributed by atoms with Gasteiger partial charge in [-0.3, -0.25) is 4.98 Å². The highest BCUT2D eigenvalue weighted by atomic mass is 35.5. The minimum absolute atomic E-state index is 0.569. The van der Waals surface area contributed by atoms with Gasteiger partial charge < -0.3 is 9.80 Å². The molecule has 0 N–H and O–H groups in total. The number of nitrogens with zero attached hydrogens (tertiary/aromatic N) is 3. The normalized spacial score (nSPS) is 22.6. The van der Waals surface area contributed by atoms with Crippen LogP contribution < -0.4 is 0 Å². The molecular formula is C27H34ClN3. The van der Waals surface area contributed by atoms with Crippen LogP contribution in [-0.4, -0.2) is 40.0 Å². The quantitative estimate of drug-likeness (QED) is 0.510. The number of allylic oxidation sites excluding steroid dienone is 1. The van der Waals surface area contributed by atoms with Crippen molar-refractivity contribution in [3.8, 4) is 0 Å². The second-order valence-corrected chi connectivity index (χ2v) is 9.98. The highest BCUT2D eigenvalue weighted by molar-refractivity contribution is 6.36. The molecular weight excluding hydrogens is 402 g/mol. The molecule has 1 aliphatic carbocycles. The molecule has 2 bridgehead atoms. The van der Waals surface area contributed by atoms with E-state index in [1.165, 1.54) is 61.0 Å². The number of pyridine rings is 1. The van der Waals surface area contributed by atoms with Gasteiger partial charge in [0.15, 0.2) is 0 Å². The van der Waals surface area contributed by atoms with Crippen molar-refractivity contribution in [3.05, 3.63) is 58.9 Å². The van der Waals surface area contributed by atoms with Crippen LogP contribution in [0.4, 0.5) is 0 Å². The Hall–Kier alpha value is -2.00. The van der Waals surface area contributed by atoms with Crippen molar-refractivity contribution in [2.45, 2.75) is 76.8 Å². The molecule has 0 radical (unpaired) electrons. The fourth-order valence-electron chi connectivity index (χ4n) is 5.88. The number of fused-ring (bicyclic) bond motifs is 4. The maximum absolute atomic E-state index is 6.78. The molecule has 2 atom stereocenters. The Morgan fingerprint density at radius 2 is 1.87 bits per heavy atom. The summed E-state index contributed by atoms with van der Waals surface area (Å²) in [6, 6.07) is 7.67. The highest BCUT2D eigenvalue weighted by Crippen LogP contribution is 2.38.